The van der Waals surface area contributed by atoms with E-state index in [-0.39, 0.29) is 18.4 Å². The molecule has 6 nitrogen and oxygen atoms in total. The average molecular weight is 427 g/mol. The predicted octanol–water partition coefficient (Wildman–Crippen LogP) is 4.52. The molecule has 1 heterocycles. The second kappa shape index (κ2) is 10.9. The quantitative estimate of drug-likeness (QED) is 0.516. The van der Waals surface area contributed by atoms with Crippen molar-refractivity contribution in [2.24, 2.45) is 0 Å². The highest BCUT2D eigenvalue weighted by atomic mass is 35.5. The molecule has 0 aliphatic heterocycles. The molecule has 1 amide bonds. The summed E-state index contributed by atoms with van der Waals surface area (Å²) in [6, 6.07) is 17.4. The van der Waals surface area contributed by atoms with Crippen molar-refractivity contribution in [2.75, 3.05) is 19.6 Å². The fourth-order valence-electron chi connectivity index (χ4n) is 3.42. The summed E-state index contributed by atoms with van der Waals surface area (Å²) in [5.41, 5.74) is 1.88. The first-order valence-corrected chi connectivity index (χ1v) is 10.6. The Balaban J connectivity index is 1.57. The summed E-state index contributed by atoms with van der Waals surface area (Å²) in [7, 11) is 0. The van der Waals surface area contributed by atoms with Gasteiger partial charge in [0.05, 0.1) is 6.04 Å². The van der Waals surface area contributed by atoms with Crippen LogP contribution in [0.5, 0.6) is 0 Å². The summed E-state index contributed by atoms with van der Waals surface area (Å²) >= 11 is 6.42. The summed E-state index contributed by atoms with van der Waals surface area (Å²) in [6.45, 7) is 6.44. The Morgan fingerprint density at radius 1 is 1.07 bits per heavy atom. The number of nitrogens with one attached hydrogen (secondary N) is 1. The molecule has 0 aliphatic rings. The van der Waals surface area contributed by atoms with Crippen LogP contribution in [0.4, 0.5) is 0 Å². The van der Waals surface area contributed by atoms with E-state index in [0.29, 0.717) is 29.8 Å². The number of hydrogen-bond donors (Lipinski definition) is 1. The van der Waals surface area contributed by atoms with E-state index >= 15 is 0 Å². The fourth-order valence-corrected chi connectivity index (χ4v) is 3.68. The number of rotatable bonds is 10. The smallest absolute Gasteiger partial charge is 0.247 e. The number of carbonyl (C=O) groups is 1. The summed E-state index contributed by atoms with van der Waals surface area (Å²) < 4.78 is 5.68. The maximum atomic E-state index is 12.5. The zero-order chi connectivity index (χ0) is 21.3. The molecule has 0 radical (unpaired) electrons. The van der Waals surface area contributed by atoms with E-state index in [4.69, 9.17) is 16.0 Å². The Labute approximate surface area is 182 Å². The Hall–Kier alpha value is -2.70. The molecular weight excluding hydrogens is 400 g/mol. The lowest BCUT2D eigenvalue weighted by molar-refractivity contribution is -0.121. The lowest BCUT2D eigenvalue weighted by atomic mass is 10.0. The number of likely N-dealkylation sites (N-methyl/N-ethyl adjacent to an activating group) is 1. The highest BCUT2D eigenvalue weighted by Gasteiger charge is 2.21. The molecule has 30 heavy (non-hydrogen) atoms. The van der Waals surface area contributed by atoms with E-state index in [9.17, 15) is 4.79 Å². The third-order valence-electron chi connectivity index (χ3n) is 5.06. The monoisotopic (exact) mass is 426 g/mol. The molecule has 158 valence electrons. The van der Waals surface area contributed by atoms with Crippen LogP contribution < -0.4 is 5.32 Å². The first-order chi connectivity index (χ1) is 14.6. The number of nitrogens with zero attached hydrogens (tertiary/aromatic N) is 3. The van der Waals surface area contributed by atoms with Gasteiger partial charge < -0.3 is 9.73 Å². The van der Waals surface area contributed by atoms with Gasteiger partial charge in [0.15, 0.2) is 0 Å². The minimum absolute atomic E-state index is 0.0192. The molecule has 1 aromatic heterocycles. The Kier molecular flexibility index (Phi) is 7.99. The van der Waals surface area contributed by atoms with E-state index in [1.807, 2.05) is 54.6 Å². The fraction of sp³-hybridized carbons (Fsp3) is 0.348. The van der Waals surface area contributed by atoms with Gasteiger partial charge in [-0.05, 0) is 36.9 Å². The molecule has 3 rings (SSSR count). The van der Waals surface area contributed by atoms with Crippen molar-refractivity contribution in [1.82, 2.24) is 20.4 Å². The van der Waals surface area contributed by atoms with Gasteiger partial charge in [0.2, 0.25) is 17.7 Å². The van der Waals surface area contributed by atoms with Crippen molar-refractivity contribution in [3.63, 3.8) is 0 Å². The van der Waals surface area contributed by atoms with Crippen LogP contribution in [0, 0.1) is 0 Å². The first kappa shape index (κ1) is 22.0. The number of aromatic nitrogens is 2. The number of carbonyl (C=O) groups excluding carboxylic acids is 1. The molecule has 1 atom stereocenters. The van der Waals surface area contributed by atoms with Crippen LogP contribution in [0.1, 0.15) is 37.8 Å². The van der Waals surface area contributed by atoms with Gasteiger partial charge in [0.25, 0.3) is 0 Å². The minimum Gasteiger partial charge on any atom is -0.421 e. The third-order valence-corrected chi connectivity index (χ3v) is 5.41. The molecule has 0 bridgehead atoms. The number of amides is 1. The normalized spacial score (nSPS) is 12.1. The molecule has 7 heteroatoms. The average Bonchev–Trinajstić information content (AvgIpc) is 3.26. The second-order valence-electron chi connectivity index (χ2n) is 6.93. The lowest BCUT2D eigenvalue weighted by Crippen LogP contribution is -2.38. The Morgan fingerprint density at radius 2 is 1.77 bits per heavy atom. The predicted molar refractivity (Wildman–Crippen MR) is 118 cm³/mol. The maximum absolute atomic E-state index is 12.5. The van der Waals surface area contributed by atoms with Crippen LogP contribution in [0.2, 0.25) is 5.02 Å². The molecular formula is C23H27ClN4O2. The molecule has 3 aromatic rings. The summed E-state index contributed by atoms with van der Waals surface area (Å²) in [6.07, 6.45) is 0.678. The van der Waals surface area contributed by atoms with E-state index in [1.54, 1.807) is 0 Å². The van der Waals surface area contributed by atoms with Gasteiger partial charge in [-0.3, -0.25) is 9.69 Å². The van der Waals surface area contributed by atoms with Gasteiger partial charge in [-0.1, -0.05) is 61.8 Å². The van der Waals surface area contributed by atoms with Crippen molar-refractivity contribution < 1.29 is 9.21 Å². The van der Waals surface area contributed by atoms with Crippen molar-refractivity contribution >= 4 is 17.5 Å². The Morgan fingerprint density at radius 3 is 2.47 bits per heavy atom. The number of aryl methyl sites for hydroxylation is 1. The number of benzene rings is 2. The van der Waals surface area contributed by atoms with Gasteiger partial charge in [-0.2, -0.15) is 0 Å². The third kappa shape index (κ3) is 5.68. The van der Waals surface area contributed by atoms with Crippen LogP contribution in [0.25, 0.3) is 11.5 Å². The molecule has 0 aliphatic carbocycles. The first-order valence-electron chi connectivity index (χ1n) is 10.2. The van der Waals surface area contributed by atoms with Crippen molar-refractivity contribution in [2.45, 2.75) is 32.7 Å². The zero-order valence-corrected chi connectivity index (χ0v) is 18.1. The van der Waals surface area contributed by atoms with Crippen LogP contribution in [-0.4, -0.2) is 40.6 Å². The van der Waals surface area contributed by atoms with Gasteiger partial charge in [-0.15, -0.1) is 10.2 Å². The topological polar surface area (TPSA) is 71.3 Å². The maximum Gasteiger partial charge on any atom is 0.247 e. The van der Waals surface area contributed by atoms with E-state index in [2.05, 4.69) is 34.3 Å². The van der Waals surface area contributed by atoms with Gasteiger partial charge in [-0.25, -0.2) is 0 Å². The lowest BCUT2D eigenvalue weighted by Gasteiger charge is -2.30. The number of halogens is 1. The highest BCUT2D eigenvalue weighted by Crippen LogP contribution is 2.27. The van der Waals surface area contributed by atoms with Gasteiger partial charge in [0, 0.05) is 30.0 Å². The molecule has 2 aromatic carbocycles. The van der Waals surface area contributed by atoms with Gasteiger partial charge >= 0.3 is 0 Å². The number of hydrogen-bond acceptors (Lipinski definition) is 5. The molecule has 1 unspecified atom stereocenters. The van der Waals surface area contributed by atoms with E-state index in [1.165, 1.54) is 0 Å². The van der Waals surface area contributed by atoms with Crippen LogP contribution in [0.15, 0.2) is 59.0 Å². The Bertz CT molecular complexity index is 941. The zero-order valence-electron chi connectivity index (χ0n) is 17.3. The van der Waals surface area contributed by atoms with Crippen LogP contribution in [-0.2, 0) is 11.2 Å². The van der Waals surface area contributed by atoms with Crippen molar-refractivity contribution in [1.29, 1.82) is 0 Å². The van der Waals surface area contributed by atoms with E-state index in [0.717, 1.165) is 24.2 Å². The molecule has 0 saturated carbocycles. The van der Waals surface area contributed by atoms with Gasteiger partial charge in [0.1, 0.15) is 0 Å². The highest BCUT2D eigenvalue weighted by molar-refractivity contribution is 6.31. The van der Waals surface area contributed by atoms with Crippen LogP contribution >= 0.6 is 11.6 Å². The van der Waals surface area contributed by atoms with Crippen molar-refractivity contribution in [3.05, 3.63) is 71.1 Å². The molecule has 0 spiro atoms. The molecule has 0 saturated heterocycles. The molecule has 0 fully saturated rings. The van der Waals surface area contributed by atoms with Crippen molar-refractivity contribution in [3.8, 4) is 11.5 Å². The van der Waals surface area contributed by atoms with E-state index < -0.39 is 0 Å². The minimum atomic E-state index is -0.0568. The second-order valence-corrected chi connectivity index (χ2v) is 7.34. The molecule has 1 N–H and O–H groups in total. The SMILES string of the molecule is CCN(CC)C(CNC(=O)CCc1nnc(-c2ccccc2)o1)c1ccccc1Cl. The summed E-state index contributed by atoms with van der Waals surface area (Å²) in [5.74, 6) is 0.861. The standard InChI is InChI=1S/C23H27ClN4O2/c1-3-28(4-2)20(18-12-8-9-13-19(18)24)16-25-21(29)14-15-22-26-27-23(30-22)17-10-6-5-7-11-17/h5-13,20H,3-4,14-16H2,1-2H3,(H,25,29). The largest absolute Gasteiger partial charge is 0.421 e. The summed E-state index contributed by atoms with van der Waals surface area (Å²) in [5, 5.41) is 11.9. The summed E-state index contributed by atoms with van der Waals surface area (Å²) in [4.78, 5) is 14.7. The van der Waals surface area contributed by atoms with Crippen LogP contribution in [0.3, 0.4) is 0 Å².